The predicted molar refractivity (Wildman–Crippen MR) is 82.4 cm³/mol. The number of ether oxygens (including phenoxy) is 2. The molecule has 0 fully saturated rings. The van der Waals surface area contributed by atoms with E-state index in [-0.39, 0.29) is 18.0 Å². The Morgan fingerprint density at radius 2 is 1.86 bits per heavy atom. The van der Waals surface area contributed by atoms with Crippen LogP contribution in [0.4, 0.5) is 4.39 Å². The minimum Gasteiger partial charge on any atom is -0.491 e. The number of ketones is 1. The summed E-state index contributed by atoms with van der Waals surface area (Å²) in [5.41, 5.74) is 1.78. The van der Waals surface area contributed by atoms with Gasteiger partial charge in [-0.05, 0) is 18.6 Å². The number of benzene rings is 2. The second-order valence-electron chi connectivity index (χ2n) is 5.02. The van der Waals surface area contributed by atoms with E-state index >= 15 is 0 Å². The maximum atomic E-state index is 13.3. The molecule has 22 heavy (non-hydrogen) atoms. The van der Waals surface area contributed by atoms with Gasteiger partial charge in [-0.2, -0.15) is 0 Å². The van der Waals surface area contributed by atoms with Gasteiger partial charge in [0.25, 0.3) is 0 Å². The molecule has 0 heterocycles. The van der Waals surface area contributed by atoms with Gasteiger partial charge in [-0.3, -0.25) is 4.79 Å². The highest BCUT2D eigenvalue weighted by molar-refractivity contribution is 5.78. The van der Waals surface area contributed by atoms with Crippen LogP contribution in [-0.4, -0.2) is 19.0 Å². The highest BCUT2D eigenvalue weighted by atomic mass is 19.1. The number of halogens is 1. The van der Waals surface area contributed by atoms with Crippen molar-refractivity contribution in [1.82, 2.24) is 0 Å². The summed E-state index contributed by atoms with van der Waals surface area (Å²) in [6, 6.07) is 14.0. The Morgan fingerprint density at radius 1 is 1.09 bits per heavy atom. The second-order valence-corrected chi connectivity index (χ2v) is 5.02. The zero-order valence-corrected chi connectivity index (χ0v) is 12.5. The molecule has 3 nitrogen and oxygen atoms in total. The summed E-state index contributed by atoms with van der Waals surface area (Å²) in [6.45, 7) is 2.70. The Balaban J connectivity index is 1.81. The fraction of sp³-hybridized carbons (Fsp3) is 0.278. The standard InChI is InChI=1S/C18H19FO3/c1-14(20)11-16-7-8-17(19)12-18(16)22-10-9-21-13-15-5-3-2-4-6-15/h2-8,12H,9-11,13H2,1H3. The van der Waals surface area contributed by atoms with Crippen molar-refractivity contribution >= 4 is 5.78 Å². The lowest BCUT2D eigenvalue weighted by atomic mass is 10.1. The predicted octanol–water partition coefficient (Wildman–Crippen LogP) is 3.55. The lowest BCUT2D eigenvalue weighted by Gasteiger charge is -2.11. The molecule has 0 aliphatic rings. The molecule has 0 spiro atoms. The minimum absolute atomic E-state index is 0.0109. The first-order chi connectivity index (χ1) is 10.6. The first-order valence-corrected chi connectivity index (χ1v) is 7.17. The third-order valence-corrected chi connectivity index (χ3v) is 3.07. The summed E-state index contributed by atoms with van der Waals surface area (Å²) in [5.74, 6) is 0.0304. The summed E-state index contributed by atoms with van der Waals surface area (Å²) in [6.07, 6.45) is 0.237. The number of rotatable bonds is 8. The van der Waals surface area contributed by atoms with Gasteiger partial charge in [0.15, 0.2) is 0 Å². The highest BCUT2D eigenvalue weighted by Crippen LogP contribution is 2.20. The molecule has 0 saturated carbocycles. The van der Waals surface area contributed by atoms with Crippen molar-refractivity contribution in [1.29, 1.82) is 0 Å². The molecule has 2 rings (SSSR count). The topological polar surface area (TPSA) is 35.5 Å². The first kappa shape index (κ1) is 16.2. The molecule has 0 aromatic heterocycles. The fourth-order valence-corrected chi connectivity index (χ4v) is 2.05. The van der Waals surface area contributed by atoms with Crippen molar-refractivity contribution in [3.05, 3.63) is 65.5 Å². The van der Waals surface area contributed by atoms with E-state index in [4.69, 9.17) is 9.47 Å². The molecule has 0 bridgehead atoms. The Hall–Kier alpha value is -2.20. The zero-order chi connectivity index (χ0) is 15.8. The molecule has 4 heteroatoms. The highest BCUT2D eigenvalue weighted by Gasteiger charge is 2.08. The van der Waals surface area contributed by atoms with Crippen LogP contribution in [-0.2, 0) is 22.6 Å². The van der Waals surface area contributed by atoms with E-state index in [0.717, 1.165) is 5.56 Å². The van der Waals surface area contributed by atoms with Crippen LogP contribution in [0.25, 0.3) is 0 Å². The van der Waals surface area contributed by atoms with Crippen LogP contribution < -0.4 is 4.74 Å². The normalized spacial score (nSPS) is 10.5. The molecule has 0 aliphatic carbocycles. The van der Waals surface area contributed by atoms with Gasteiger partial charge in [0, 0.05) is 18.1 Å². The number of hydrogen-bond donors (Lipinski definition) is 0. The van der Waals surface area contributed by atoms with Gasteiger partial charge >= 0.3 is 0 Å². The van der Waals surface area contributed by atoms with E-state index < -0.39 is 0 Å². The lowest BCUT2D eigenvalue weighted by Crippen LogP contribution is -2.09. The van der Waals surface area contributed by atoms with Crippen molar-refractivity contribution in [3.8, 4) is 5.75 Å². The maximum Gasteiger partial charge on any atom is 0.134 e. The van der Waals surface area contributed by atoms with Crippen molar-refractivity contribution in [3.63, 3.8) is 0 Å². The molecule has 0 N–H and O–H groups in total. The van der Waals surface area contributed by atoms with Crippen molar-refractivity contribution < 1.29 is 18.7 Å². The average Bonchev–Trinajstić information content (AvgIpc) is 2.50. The van der Waals surface area contributed by atoms with E-state index in [0.29, 0.717) is 31.1 Å². The van der Waals surface area contributed by atoms with Crippen molar-refractivity contribution in [2.45, 2.75) is 20.0 Å². The smallest absolute Gasteiger partial charge is 0.134 e. The van der Waals surface area contributed by atoms with E-state index in [1.165, 1.54) is 19.1 Å². The van der Waals surface area contributed by atoms with Crippen molar-refractivity contribution in [2.75, 3.05) is 13.2 Å². The van der Waals surface area contributed by atoms with Gasteiger partial charge in [-0.1, -0.05) is 36.4 Å². The third kappa shape index (κ3) is 5.30. The average molecular weight is 302 g/mol. The van der Waals surface area contributed by atoms with Gasteiger partial charge in [0.1, 0.15) is 24.0 Å². The molecular formula is C18H19FO3. The van der Waals surface area contributed by atoms with Crippen LogP contribution >= 0.6 is 0 Å². The summed E-state index contributed by atoms with van der Waals surface area (Å²) >= 11 is 0. The second kappa shape index (κ2) is 8.29. The van der Waals surface area contributed by atoms with Crippen LogP contribution in [0.1, 0.15) is 18.1 Å². The summed E-state index contributed by atoms with van der Waals surface area (Å²) in [4.78, 5) is 11.2. The minimum atomic E-state index is -0.382. The Morgan fingerprint density at radius 3 is 2.59 bits per heavy atom. The van der Waals surface area contributed by atoms with Crippen LogP contribution in [0.3, 0.4) is 0 Å². The first-order valence-electron chi connectivity index (χ1n) is 7.17. The maximum absolute atomic E-state index is 13.3. The van der Waals surface area contributed by atoms with E-state index in [2.05, 4.69) is 0 Å². The largest absolute Gasteiger partial charge is 0.491 e. The molecular weight excluding hydrogens is 283 g/mol. The molecule has 116 valence electrons. The zero-order valence-electron chi connectivity index (χ0n) is 12.5. The quantitative estimate of drug-likeness (QED) is 0.700. The summed E-state index contributed by atoms with van der Waals surface area (Å²) in [7, 11) is 0. The van der Waals surface area contributed by atoms with Crippen LogP contribution in [0.15, 0.2) is 48.5 Å². The van der Waals surface area contributed by atoms with Gasteiger partial charge in [0.2, 0.25) is 0 Å². The molecule has 0 amide bonds. The van der Waals surface area contributed by atoms with Crippen LogP contribution in [0.2, 0.25) is 0 Å². The number of carbonyl (C=O) groups excluding carboxylic acids is 1. The van der Waals surface area contributed by atoms with Crippen LogP contribution in [0.5, 0.6) is 5.75 Å². The van der Waals surface area contributed by atoms with Gasteiger partial charge in [-0.25, -0.2) is 4.39 Å². The fourth-order valence-electron chi connectivity index (χ4n) is 2.05. The lowest BCUT2D eigenvalue weighted by molar-refractivity contribution is -0.116. The summed E-state index contributed by atoms with van der Waals surface area (Å²) < 4.78 is 24.3. The number of Topliss-reactive ketones (excluding diaryl/α,β-unsaturated/α-hetero) is 1. The molecule has 0 radical (unpaired) electrons. The Labute approximate surface area is 129 Å². The number of hydrogen-bond acceptors (Lipinski definition) is 3. The van der Waals surface area contributed by atoms with Crippen LogP contribution in [0, 0.1) is 5.82 Å². The molecule has 2 aromatic rings. The molecule has 0 unspecified atom stereocenters. The van der Waals surface area contributed by atoms with Gasteiger partial charge in [-0.15, -0.1) is 0 Å². The number of carbonyl (C=O) groups is 1. The molecule has 0 saturated heterocycles. The van der Waals surface area contributed by atoms with Crippen molar-refractivity contribution in [2.24, 2.45) is 0 Å². The SMILES string of the molecule is CC(=O)Cc1ccc(F)cc1OCCOCc1ccccc1. The van der Waals surface area contributed by atoms with E-state index in [1.54, 1.807) is 6.07 Å². The Bertz CT molecular complexity index is 611. The molecule has 0 aliphatic heterocycles. The molecule has 2 aromatic carbocycles. The van der Waals surface area contributed by atoms with Gasteiger partial charge < -0.3 is 9.47 Å². The van der Waals surface area contributed by atoms with E-state index in [1.807, 2.05) is 30.3 Å². The Kier molecular flexibility index (Phi) is 6.10. The van der Waals surface area contributed by atoms with Gasteiger partial charge in [0.05, 0.1) is 13.2 Å². The third-order valence-electron chi connectivity index (χ3n) is 3.07. The van der Waals surface area contributed by atoms with E-state index in [9.17, 15) is 9.18 Å². The summed E-state index contributed by atoms with van der Waals surface area (Å²) in [5, 5.41) is 0. The molecule has 0 atom stereocenters. The monoisotopic (exact) mass is 302 g/mol.